The van der Waals surface area contributed by atoms with Crippen LogP contribution < -0.4 is 10.5 Å². The summed E-state index contributed by atoms with van der Waals surface area (Å²) in [6.45, 7) is 0.450. The Bertz CT molecular complexity index is 525. The number of rotatable bonds is 4. The second kappa shape index (κ2) is 4.75. The van der Waals surface area contributed by atoms with Gasteiger partial charge in [-0.25, -0.2) is 22.3 Å². The highest BCUT2D eigenvalue weighted by molar-refractivity contribution is 7.89. The lowest BCUT2D eigenvalue weighted by Crippen LogP contribution is -2.30. The van der Waals surface area contributed by atoms with E-state index in [1.165, 1.54) is 6.92 Å². The third kappa shape index (κ3) is 3.20. The van der Waals surface area contributed by atoms with Gasteiger partial charge in [-0.1, -0.05) is 0 Å². The number of amides is 1. The van der Waals surface area contributed by atoms with Crippen LogP contribution in [-0.4, -0.2) is 37.5 Å². The number of aryl methyl sites for hydroxylation is 1. The Kier molecular flexibility index (Phi) is 3.78. The number of nitrogens with two attached hydrogens (primary N) is 1. The van der Waals surface area contributed by atoms with Gasteiger partial charge in [0.2, 0.25) is 10.0 Å². The largest absolute Gasteiger partial charge is 0.345 e. The fourth-order valence-corrected chi connectivity index (χ4v) is 2.05. The average molecular weight is 268 g/mol. The number of hydrogen-bond donors (Lipinski definition) is 3. The SMILES string of the molecule is Cc1[nH]nc(C(=O)NCC(F)F)c1S(N)(=O)=O. The first-order valence-electron chi connectivity index (χ1n) is 4.37. The minimum atomic E-state index is -4.15. The summed E-state index contributed by atoms with van der Waals surface area (Å²) in [6.07, 6.45) is -2.74. The molecule has 10 heteroatoms. The van der Waals surface area contributed by atoms with E-state index in [1.54, 1.807) is 0 Å². The van der Waals surface area contributed by atoms with Crippen LogP contribution in [0, 0.1) is 6.92 Å². The van der Waals surface area contributed by atoms with E-state index < -0.39 is 39.5 Å². The van der Waals surface area contributed by atoms with Crippen LogP contribution in [-0.2, 0) is 10.0 Å². The molecule has 96 valence electrons. The molecule has 7 nitrogen and oxygen atoms in total. The summed E-state index contributed by atoms with van der Waals surface area (Å²) in [5, 5.41) is 12.4. The van der Waals surface area contributed by atoms with E-state index in [1.807, 2.05) is 5.32 Å². The van der Waals surface area contributed by atoms with Gasteiger partial charge in [0, 0.05) is 0 Å². The molecule has 4 N–H and O–H groups in total. The van der Waals surface area contributed by atoms with Crippen molar-refractivity contribution in [3.8, 4) is 0 Å². The molecule has 0 fully saturated rings. The summed E-state index contributed by atoms with van der Waals surface area (Å²) in [7, 11) is -4.15. The van der Waals surface area contributed by atoms with Crippen molar-refractivity contribution < 1.29 is 22.0 Å². The molecule has 0 aliphatic heterocycles. The maximum absolute atomic E-state index is 11.9. The van der Waals surface area contributed by atoms with Gasteiger partial charge in [-0.2, -0.15) is 5.10 Å². The zero-order chi connectivity index (χ0) is 13.2. The van der Waals surface area contributed by atoms with Gasteiger partial charge in [0.05, 0.1) is 12.2 Å². The van der Waals surface area contributed by atoms with Crippen LogP contribution in [0.4, 0.5) is 8.78 Å². The first-order valence-corrected chi connectivity index (χ1v) is 5.92. The molecule has 1 heterocycles. The summed E-state index contributed by atoms with van der Waals surface area (Å²) >= 11 is 0. The van der Waals surface area contributed by atoms with Gasteiger partial charge in [-0.05, 0) is 6.92 Å². The lowest BCUT2D eigenvalue weighted by Gasteiger charge is -2.03. The van der Waals surface area contributed by atoms with Crippen molar-refractivity contribution in [2.24, 2.45) is 5.14 Å². The van der Waals surface area contributed by atoms with Crippen molar-refractivity contribution in [3.63, 3.8) is 0 Å². The zero-order valence-electron chi connectivity index (χ0n) is 8.70. The number of sulfonamides is 1. The van der Waals surface area contributed by atoms with E-state index in [0.29, 0.717) is 0 Å². The highest BCUT2D eigenvalue weighted by Gasteiger charge is 2.25. The van der Waals surface area contributed by atoms with Crippen LogP contribution in [0.25, 0.3) is 0 Å². The molecule has 0 atom stereocenters. The molecule has 0 radical (unpaired) electrons. The summed E-state index contributed by atoms with van der Waals surface area (Å²) in [5.41, 5.74) is -0.458. The van der Waals surface area contributed by atoms with Gasteiger partial charge in [-0.3, -0.25) is 9.89 Å². The Morgan fingerprint density at radius 2 is 2.18 bits per heavy atom. The highest BCUT2D eigenvalue weighted by Crippen LogP contribution is 2.15. The molecule has 1 aromatic heterocycles. The van der Waals surface area contributed by atoms with E-state index in [9.17, 15) is 22.0 Å². The molecular weight excluding hydrogens is 258 g/mol. The molecule has 0 saturated carbocycles. The molecular formula is C7H10F2N4O3S. The Hall–Kier alpha value is -1.55. The molecule has 0 aromatic carbocycles. The van der Waals surface area contributed by atoms with Crippen molar-refractivity contribution in [3.05, 3.63) is 11.4 Å². The number of hydrogen-bond acceptors (Lipinski definition) is 4. The topological polar surface area (TPSA) is 118 Å². The number of primary sulfonamides is 1. The first kappa shape index (κ1) is 13.5. The van der Waals surface area contributed by atoms with Crippen molar-refractivity contribution in [1.82, 2.24) is 15.5 Å². The summed E-state index contributed by atoms with van der Waals surface area (Å²) in [5.74, 6) is -1.03. The van der Waals surface area contributed by atoms with Crippen LogP contribution >= 0.6 is 0 Å². The van der Waals surface area contributed by atoms with E-state index in [-0.39, 0.29) is 5.69 Å². The molecule has 0 bridgehead atoms. The van der Waals surface area contributed by atoms with E-state index >= 15 is 0 Å². The fraction of sp³-hybridized carbons (Fsp3) is 0.429. The fourth-order valence-electron chi connectivity index (χ4n) is 1.17. The third-order valence-electron chi connectivity index (χ3n) is 1.81. The maximum Gasteiger partial charge on any atom is 0.273 e. The number of halogens is 2. The van der Waals surface area contributed by atoms with Gasteiger partial charge >= 0.3 is 0 Å². The Morgan fingerprint density at radius 3 is 2.65 bits per heavy atom. The van der Waals surface area contributed by atoms with Gasteiger partial charge in [0.1, 0.15) is 4.90 Å². The molecule has 0 aliphatic rings. The van der Waals surface area contributed by atoms with Crippen molar-refractivity contribution >= 4 is 15.9 Å². The van der Waals surface area contributed by atoms with E-state index in [4.69, 9.17) is 5.14 Å². The smallest absolute Gasteiger partial charge is 0.273 e. The number of H-pyrrole nitrogens is 1. The molecule has 0 aliphatic carbocycles. The monoisotopic (exact) mass is 268 g/mol. The average Bonchev–Trinajstić information content (AvgIpc) is 2.55. The number of nitrogens with one attached hydrogen (secondary N) is 2. The standard InChI is InChI=1S/C7H10F2N4O3S/c1-3-6(17(10,15)16)5(13-12-3)7(14)11-2-4(8)9/h4H,2H2,1H3,(H,11,14)(H,12,13)(H2,10,15,16). The van der Waals surface area contributed by atoms with Gasteiger partial charge in [-0.15, -0.1) is 0 Å². The second-order valence-electron chi connectivity index (χ2n) is 3.17. The molecule has 0 unspecified atom stereocenters. The van der Waals surface area contributed by atoms with Crippen LogP contribution in [0.3, 0.4) is 0 Å². The number of alkyl halides is 2. The molecule has 1 amide bonds. The van der Waals surface area contributed by atoms with Crippen molar-refractivity contribution in [2.45, 2.75) is 18.2 Å². The number of nitrogens with zero attached hydrogens (tertiary/aromatic N) is 1. The highest BCUT2D eigenvalue weighted by atomic mass is 32.2. The van der Waals surface area contributed by atoms with Gasteiger partial charge in [0.25, 0.3) is 12.3 Å². The van der Waals surface area contributed by atoms with Crippen molar-refractivity contribution in [2.75, 3.05) is 6.54 Å². The minimum absolute atomic E-state index is 0.0645. The number of aromatic nitrogens is 2. The number of carbonyl (C=O) groups is 1. The van der Waals surface area contributed by atoms with Crippen LogP contribution in [0.1, 0.15) is 16.2 Å². The molecule has 0 saturated heterocycles. The minimum Gasteiger partial charge on any atom is -0.345 e. The predicted molar refractivity (Wildman–Crippen MR) is 53.0 cm³/mol. The van der Waals surface area contributed by atoms with E-state index in [0.717, 1.165) is 0 Å². The molecule has 0 spiro atoms. The zero-order valence-corrected chi connectivity index (χ0v) is 9.51. The quantitative estimate of drug-likeness (QED) is 0.673. The molecule has 17 heavy (non-hydrogen) atoms. The third-order valence-corrected chi connectivity index (χ3v) is 2.88. The predicted octanol–water partition coefficient (Wildman–Crippen LogP) is -0.640. The Balaban J connectivity index is 3.04. The number of aromatic amines is 1. The van der Waals surface area contributed by atoms with Crippen LogP contribution in [0.5, 0.6) is 0 Å². The lowest BCUT2D eigenvalue weighted by molar-refractivity contribution is 0.0883. The van der Waals surface area contributed by atoms with Crippen LogP contribution in [0.2, 0.25) is 0 Å². The summed E-state index contributed by atoms with van der Waals surface area (Å²) in [6, 6.07) is 0. The van der Waals surface area contributed by atoms with Crippen LogP contribution in [0.15, 0.2) is 4.90 Å². The first-order chi connectivity index (χ1) is 7.73. The number of carbonyl (C=O) groups excluding carboxylic acids is 1. The second-order valence-corrected chi connectivity index (χ2v) is 4.67. The molecule has 1 aromatic rings. The van der Waals surface area contributed by atoms with Gasteiger partial charge < -0.3 is 5.32 Å². The lowest BCUT2D eigenvalue weighted by atomic mass is 10.3. The summed E-state index contributed by atoms with van der Waals surface area (Å²) < 4.78 is 46.1. The Labute approximate surface area is 95.4 Å². The maximum atomic E-state index is 11.9. The van der Waals surface area contributed by atoms with E-state index in [2.05, 4.69) is 10.2 Å². The molecule has 1 rings (SSSR count). The van der Waals surface area contributed by atoms with Crippen molar-refractivity contribution in [1.29, 1.82) is 0 Å². The normalized spacial score (nSPS) is 11.8. The van der Waals surface area contributed by atoms with Gasteiger partial charge in [0.15, 0.2) is 5.69 Å². The summed E-state index contributed by atoms with van der Waals surface area (Å²) in [4.78, 5) is 10.9. The Morgan fingerprint density at radius 1 is 1.59 bits per heavy atom.